The Bertz CT molecular complexity index is 584. The number of fused-ring (bicyclic) bond motifs is 1. The van der Waals surface area contributed by atoms with Crippen LogP contribution >= 0.6 is 7.92 Å². The fraction of sp³-hybridized carbons (Fsp3) is 0.412. The Morgan fingerprint density at radius 1 is 1.11 bits per heavy atom. The molecule has 0 heterocycles. The smallest absolute Gasteiger partial charge is 0.0778 e. The third kappa shape index (κ3) is 2.62. The summed E-state index contributed by atoms with van der Waals surface area (Å²) in [6.45, 7) is 15.4. The molecule has 0 atom stereocenters. The van der Waals surface area contributed by atoms with Crippen molar-refractivity contribution in [2.45, 2.75) is 39.0 Å². The van der Waals surface area contributed by atoms with Gasteiger partial charge in [-0.15, -0.1) is 11.4 Å². The van der Waals surface area contributed by atoms with Gasteiger partial charge >= 0.3 is 0 Å². The van der Waals surface area contributed by atoms with E-state index < -0.39 is 0 Å². The molecule has 0 spiro atoms. The van der Waals surface area contributed by atoms with Crippen molar-refractivity contribution in [1.82, 2.24) is 0 Å². The minimum Gasteiger partial charge on any atom is -0.536 e. The molecule has 0 aliphatic rings. The molecule has 0 N–H and O–H groups in total. The van der Waals surface area contributed by atoms with Gasteiger partial charge in [0.25, 0.3) is 0 Å². The normalized spacial score (nSPS) is 12.0. The summed E-state index contributed by atoms with van der Waals surface area (Å²) in [6, 6.07) is 10.9. The number of nitrogens with zero attached hydrogens (tertiary/aromatic N) is 1. The van der Waals surface area contributed by atoms with Gasteiger partial charge in [-0.3, -0.25) is 0 Å². The number of benzene rings is 1. The lowest BCUT2D eigenvalue weighted by atomic mass is 10.2. The molecule has 0 bridgehead atoms. The Balaban J connectivity index is 2.74. The van der Waals surface area contributed by atoms with Crippen molar-refractivity contribution in [3.63, 3.8) is 0 Å². The van der Waals surface area contributed by atoms with Crippen LogP contribution in [0.4, 0.5) is 5.69 Å². The van der Waals surface area contributed by atoms with Gasteiger partial charge in [-0.1, -0.05) is 65.6 Å². The van der Waals surface area contributed by atoms with E-state index in [1.165, 1.54) is 21.8 Å². The van der Waals surface area contributed by atoms with Crippen molar-refractivity contribution in [3.05, 3.63) is 30.3 Å². The molecule has 19 heavy (non-hydrogen) atoms. The predicted octanol–water partition coefficient (Wildman–Crippen LogP) is 4.33. The summed E-state index contributed by atoms with van der Waals surface area (Å²) < 4.78 is 1.77. The molecule has 2 heteroatoms. The van der Waals surface area contributed by atoms with Crippen LogP contribution in [0.2, 0.25) is 0 Å². The largest absolute Gasteiger partial charge is 0.536 e. The lowest BCUT2D eigenvalue weighted by Gasteiger charge is -2.32. The zero-order valence-electron chi connectivity index (χ0n) is 12.5. The topological polar surface area (TPSA) is 3.01 Å². The third-order valence-corrected chi connectivity index (χ3v) is 6.71. The molecule has 0 amide bonds. The van der Waals surface area contributed by atoms with E-state index in [2.05, 4.69) is 58.0 Å². The first-order valence-electron chi connectivity index (χ1n) is 6.88. The standard InChI is InChI=1S/C17H23NP/c1-12(2)19(13(3)4)17-15-10-8-7-9-14(15)11-16(17)18(5)6/h5,7-13H,1-4,6H3/q-1. The highest BCUT2D eigenvalue weighted by atomic mass is 31.1. The highest BCUT2D eigenvalue weighted by Gasteiger charge is 2.20. The second-order valence-electron chi connectivity index (χ2n) is 5.67. The zero-order valence-corrected chi connectivity index (χ0v) is 13.4. The van der Waals surface area contributed by atoms with Gasteiger partial charge in [0, 0.05) is 0 Å². The van der Waals surface area contributed by atoms with E-state index in [0.29, 0.717) is 11.3 Å². The number of hydrogen-bond donors (Lipinski definition) is 0. The van der Waals surface area contributed by atoms with E-state index in [1.54, 1.807) is 4.58 Å². The average Bonchev–Trinajstić information content (AvgIpc) is 2.68. The Morgan fingerprint density at radius 2 is 1.68 bits per heavy atom. The molecule has 0 unspecified atom stereocenters. The molecule has 0 aliphatic carbocycles. The first-order valence-corrected chi connectivity index (χ1v) is 8.36. The third-order valence-electron chi connectivity index (χ3n) is 3.50. The second kappa shape index (κ2) is 5.51. The van der Waals surface area contributed by atoms with Gasteiger partial charge in [0.05, 0.1) is 7.05 Å². The van der Waals surface area contributed by atoms with E-state index in [1.807, 2.05) is 7.05 Å². The predicted molar refractivity (Wildman–Crippen MR) is 88.3 cm³/mol. The maximum Gasteiger partial charge on any atom is 0.0778 e. The number of rotatable bonds is 4. The fourth-order valence-corrected chi connectivity index (χ4v) is 6.04. The Kier molecular flexibility index (Phi) is 4.16. The molecule has 0 saturated carbocycles. The van der Waals surface area contributed by atoms with Crippen molar-refractivity contribution in [3.8, 4) is 0 Å². The molecule has 2 aromatic rings. The molecule has 0 aromatic heterocycles. The highest BCUT2D eigenvalue weighted by Crippen LogP contribution is 2.49. The van der Waals surface area contributed by atoms with Gasteiger partial charge in [0.2, 0.25) is 0 Å². The van der Waals surface area contributed by atoms with Crippen LogP contribution in [-0.2, 0) is 0 Å². The van der Waals surface area contributed by atoms with Crippen molar-refractivity contribution < 1.29 is 4.58 Å². The maximum atomic E-state index is 6.06. The van der Waals surface area contributed by atoms with Gasteiger partial charge in [0.15, 0.2) is 0 Å². The van der Waals surface area contributed by atoms with Crippen LogP contribution in [0.1, 0.15) is 27.7 Å². The van der Waals surface area contributed by atoms with Gasteiger partial charge in [-0.05, 0) is 22.1 Å². The Hall–Kier alpha value is -1.07. The molecule has 1 nitrogen and oxygen atoms in total. The Labute approximate surface area is 118 Å². The van der Waals surface area contributed by atoms with Crippen molar-refractivity contribution in [2.24, 2.45) is 0 Å². The van der Waals surface area contributed by atoms with Crippen molar-refractivity contribution in [1.29, 1.82) is 0 Å². The lowest BCUT2D eigenvalue weighted by Crippen LogP contribution is -2.17. The fourth-order valence-electron chi connectivity index (χ4n) is 2.85. The van der Waals surface area contributed by atoms with Crippen LogP contribution in [0.15, 0.2) is 30.3 Å². The lowest BCUT2D eigenvalue weighted by molar-refractivity contribution is -0.393. The molecule has 2 rings (SSSR count). The maximum absolute atomic E-state index is 6.06. The van der Waals surface area contributed by atoms with E-state index in [9.17, 15) is 0 Å². The van der Waals surface area contributed by atoms with Gasteiger partial charge in [0.1, 0.15) is 0 Å². The minimum atomic E-state index is -0.211. The molecule has 102 valence electrons. The molecular formula is C17H23NP-. The van der Waals surface area contributed by atoms with Gasteiger partial charge < -0.3 is 4.58 Å². The van der Waals surface area contributed by atoms with Crippen LogP contribution in [-0.4, -0.2) is 29.7 Å². The second-order valence-corrected chi connectivity index (χ2v) is 9.00. The zero-order chi connectivity index (χ0) is 14.2. The summed E-state index contributed by atoms with van der Waals surface area (Å²) in [5.41, 5.74) is 2.52. The molecule has 0 aliphatic heterocycles. The van der Waals surface area contributed by atoms with E-state index >= 15 is 0 Å². The SMILES string of the molecule is [CH-]=[N+](C)[c-]1cc2ccccc2c1P(C(C)C)C(C)C. The quantitative estimate of drug-likeness (QED) is 0.337. The van der Waals surface area contributed by atoms with Crippen LogP contribution in [0.25, 0.3) is 10.8 Å². The monoisotopic (exact) mass is 272 g/mol. The summed E-state index contributed by atoms with van der Waals surface area (Å²) >= 11 is 0. The summed E-state index contributed by atoms with van der Waals surface area (Å²) in [5, 5.41) is 4.16. The van der Waals surface area contributed by atoms with Crippen LogP contribution < -0.4 is 5.30 Å². The van der Waals surface area contributed by atoms with E-state index in [4.69, 9.17) is 6.72 Å². The average molecular weight is 272 g/mol. The van der Waals surface area contributed by atoms with Crippen LogP contribution in [0, 0.1) is 0 Å². The molecule has 0 fully saturated rings. The molecule has 2 aromatic carbocycles. The van der Waals surface area contributed by atoms with Crippen LogP contribution in [0.5, 0.6) is 0 Å². The molecule has 0 saturated heterocycles. The van der Waals surface area contributed by atoms with Gasteiger partial charge in [-0.2, -0.15) is 0 Å². The summed E-state index contributed by atoms with van der Waals surface area (Å²) in [4.78, 5) is 0. The minimum absolute atomic E-state index is 0.211. The Morgan fingerprint density at radius 3 is 2.21 bits per heavy atom. The molecule has 0 radical (unpaired) electrons. The first-order chi connectivity index (χ1) is 8.93. The molecular weight excluding hydrogens is 249 g/mol. The van der Waals surface area contributed by atoms with Crippen molar-refractivity contribution in [2.75, 3.05) is 7.05 Å². The summed E-state index contributed by atoms with van der Waals surface area (Å²) in [6.07, 6.45) is 0. The van der Waals surface area contributed by atoms with Crippen LogP contribution in [0.3, 0.4) is 0 Å². The first kappa shape index (κ1) is 14.3. The van der Waals surface area contributed by atoms with Gasteiger partial charge in [-0.25, -0.2) is 6.72 Å². The highest BCUT2D eigenvalue weighted by molar-refractivity contribution is 7.67. The number of hydrogen-bond acceptors (Lipinski definition) is 0. The summed E-state index contributed by atoms with van der Waals surface area (Å²) in [5.74, 6) is 0. The van der Waals surface area contributed by atoms with E-state index in [0.717, 1.165) is 0 Å². The van der Waals surface area contributed by atoms with E-state index in [-0.39, 0.29) is 7.92 Å². The van der Waals surface area contributed by atoms with Crippen molar-refractivity contribution >= 4 is 36.4 Å². The summed E-state index contributed by atoms with van der Waals surface area (Å²) in [7, 11) is 1.72.